The zero-order valence-electron chi connectivity index (χ0n) is 51.9. The van der Waals surface area contributed by atoms with Gasteiger partial charge in [0.1, 0.15) is 13.2 Å². The summed E-state index contributed by atoms with van der Waals surface area (Å²) >= 11 is 0. The Hall–Kier alpha value is -3.15. The molecule has 1 unspecified atom stereocenters. The van der Waals surface area contributed by atoms with Crippen molar-refractivity contribution in [3.8, 4) is 0 Å². The molecule has 6 heteroatoms. The molecule has 0 aromatic rings. The second-order valence-electron chi connectivity index (χ2n) is 22.7. The van der Waals surface area contributed by atoms with E-state index < -0.39 is 6.10 Å². The van der Waals surface area contributed by atoms with Gasteiger partial charge in [0, 0.05) is 19.3 Å². The molecule has 6 nitrogen and oxygen atoms in total. The average Bonchev–Trinajstić information content (AvgIpc) is 3.44. The molecule has 1 atom stereocenters. The van der Waals surface area contributed by atoms with Crippen LogP contribution in [-0.2, 0) is 28.6 Å². The quantitative estimate of drug-likeness (QED) is 0.0261. The van der Waals surface area contributed by atoms with Crippen molar-refractivity contribution < 1.29 is 28.6 Å². The summed E-state index contributed by atoms with van der Waals surface area (Å²) < 4.78 is 17.0. The highest BCUT2D eigenvalue weighted by Gasteiger charge is 2.19. The van der Waals surface area contributed by atoms with Crippen molar-refractivity contribution >= 4 is 17.9 Å². The molecule has 0 N–H and O–H groups in total. The fraction of sp³-hybridized carbons (Fsp3) is 0.792. The minimum absolute atomic E-state index is 0.0714. The van der Waals surface area contributed by atoms with Gasteiger partial charge in [-0.05, 0) is 89.9 Å². The average molecular weight is 1090 g/mol. The van der Waals surface area contributed by atoms with E-state index >= 15 is 0 Å². The van der Waals surface area contributed by atoms with E-state index in [1.807, 2.05) is 0 Å². The molecule has 0 amide bonds. The zero-order chi connectivity index (χ0) is 56.4. The predicted molar refractivity (Wildman–Crippen MR) is 339 cm³/mol. The van der Waals surface area contributed by atoms with Gasteiger partial charge in [0.2, 0.25) is 0 Å². The van der Waals surface area contributed by atoms with Crippen molar-refractivity contribution in [3.63, 3.8) is 0 Å². The molecule has 0 radical (unpaired) electrons. The van der Waals surface area contributed by atoms with Crippen molar-refractivity contribution in [2.45, 2.75) is 354 Å². The van der Waals surface area contributed by atoms with Crippen molar-refractivity contribution in [1.82, 2.24) is 0 Å². The second kappa shape index (κ2) is 66.4. The molecule has 0 bridgehead atoms. The third-order valence-corrected chi connectivity index (χ3v) is 14.9. The van der Waals surface area contributed by atoms with Gasteiger partial charge in [0.05, 0.1) is 0 Å². The second-order valence-corrected chi connectivity index (χ2v) is 22.7. The monoisotopic (exact) mass is 1090 g/mol. The minimum atomic E-state index is -0.775. The summed E-state index contributed by atoms with van der Waals surface area (Å²) in [5, 5.41) is 0. The van der Waals surface area contributed by atoms with Crippen molar-refractivity contribution in [2.24, 2.45) is 0 Å². The number of hydrogen-bond donors (Lipinski definition) is 0. The number of hydrogen-bond acceptors (Lipinski definition) is 6. The number of carbonyl (C=O) groups is 3. The number of unbranched alkanes of at least 4 members (excludes halogenated alkanes) is 39. The Kier molecular flexibility index (Phi) is 63.7. The molecule has 0 saturated carbocycles. The first-order chi connectivity index (χ1) is 38.5. The molecular weight excluding hydrogens is 961 g/mol. The van der Waals surface area contributed by atoms with Gasteiger partial charge in [0.15, 0.2) is 6.10 Å². The third-order valence-electron chi connectivity index (χ3n) is 14.9. The Morgan fingerprint density at radius 3 is 0.795 bits per heavy atom. The van der Waals surface area contributed by atoms with Gasteiger partial charge in [-0.2, -0.15) is 0 Å². The molecule has 78 heavy (non-hydrogen) atoms. The first kappa shape index (κ1) is 74.8. The molecular formula is C72H128O6. The van der Waals surface area contributed by atoms with Crippen LogP contribution in [0.5, 0.6) is 0 Å². The van der Waals surface area contributed by atoms with Crippen molar-refractivity contribution in [3.05, 3.63) is 72.9 Å². The Morgan fingerprint density at radius 1 is 0.269 bits per heavy atom. The van der Waals surface area contributed by atoms with Crippen LogP contribution in [0.1, 0.15) is 348 Å². The van der Waals surface area contributed by atoms with Crippen LogP contribution in [-0.4, -0.2) is 37.2 Å². The van der Waals surface area contributed by atoms with Crippen LogP contribution in [0.2, 0.25) is 0 Å². The lowest BCUT2D eigenvalue weighted by Gasteiger charge is -2.18. The maximum absolute atomic E-state index is 12.9. The predicted octanol–water partition coefficient (Wildman–Crippen LogP) is 23.3. The lowest BCUT2D eigenvalue weighted by Crippen LogP contribution is -2.30. The fourth-order valence-corrected chi connectivity index (χ4v) is 9.88. The molecule has 0 aromatic carbocycles. The number of carbonyl (C=O) groups excluding carboxylic acids is 3. The third kappa shape index (κ3) is 63.7. The standard InChI is InChI=1S/C72H128O6/c1-4-7-10-13-16-19-22-25-27-29-31-32-33-34-35-36-37-38-39-40-42-43-45-47-50-53-56-59-62-65-71(74)77-68-69(67-76-70(73)64-61-58-55-52-49-24-21-18-15-12-9-6-3)78-72(75)66-63-60-57-54-51-48-46-44-41-30-28-26-23-20-17-14-11-8-5-2/h7,10,16,19,25-28,31-32,34-35,69H,4-6,8-9,11-15,17-18,20-24,29-30,33,36-68H2,1-3H3/b10-7-,19-16-,27-25-,28-26-,32-31-,35-34-. The first-order valence-corrected chi connectivity index (χ1v) is 33.9. The Labute approximate surface area is 484 Å². The molecule has 0 aliphatic heterocycles. The van der Waals surface area contributed by atoms with Crippen LogP contribution in [0.25, 0.3) is 0 Å². The van der Waals surface area contributed by atoms with Gasteiger partial charge < -0.3 is 14.2 Å². The maximum Gasteiger partial charge on any atom is 0.306 e. The summed E-state index contributed by atoms with van der Waals surface area (Å²) in [6, 6.07) is 0. The van der Waals surface area contributed by atoms with Crippen LogP contribution in [0.3, 0.4) is 0 Å². The smallest absolute Gasteiger partial charge is 0.306 e. The first-order valence-electron chi connectivity index (χ1n) is 33.9. The van der Waals surface area contributed by atoms with Crippen LogP contribution in [0, 0.1) is 0 Å². The van der Waals surface area contributed by atoms with Crippen molar-refractivity contribution in [1.29, 1.82) is 0 Å². The lowest BCUT2D eigenvalue weighted by atomic mass is 10.0. The van der Waals surface area contributed by atoms with Gasteiger partial charge >= 0.3 is 17.9 Å². The minimum Gasteiger partial charge on any atom is -0.462 e. The van der Waals surface area contributed by atoms with Crippen LogP contribution >= 0.6 is 0 Å². The van der Waals surface area contributed by atoms with E-state index in [0.717, 1.165) is 89.9 Å². The molecule has 0 rings (SSSR count). The Balaban J connectivity index is 4.22. The van der Waals surface area contributed by atoms with E-state index in [1.165, 1.54) is 218 Å². The lowest BCUT2D eigenvalue weighted by molar-refractivity contribution is -0.167. The highest BCUT2D eigenvalue weighted by molar-refractivity contribution is 5.71. The highest BCUT2D eigenvalue weighted by Crippen LogP contribution is 2.17. The molecule has 0 fully saturated rings. The molecule has 452 valence electrons. The topological polar surface area (TPSA) is 78.9 Å². The molecule has 0 aliphatic rings. The Morgan fingerprint density at radius 2 is 0.500 bits per heavy atom. The number of ether oxygens (including phenoxy) is 3. The summed E-state index contributed by atoms with van der Waals surface area (Å²) in [6.45, 7) is 6.56. The van der Waals surface area contributed by atoms with E-state index in [9.17, 15) is 14.4 Å². The van der Waals surface area contributed by atoms with E-state index in [2.05, 4.69) is 93.7 Å². The number of esters is 3. The molecule has 0 saturated heterocycles. The highest BCUT2D eigenvalue weighted by atomic mass is 16.6. The number of rotatable bonds is 62. The Bertz CT molecular complexity index is 1440. The largest absolute Gasteiger partial charge is 0.462 e. The summed E-state index contributed by atoms with van der Waals surface area (Å²) in [7, 11) is 0. The van der Waals surface area contributed by atoms with Gasteiger partial charge in [-0.25, -0.2) is 0 Å². The zero-order valence-corrected chi connectivity index (χ0v) is 51.9. The van der Waals surface area contributed by atoms with E-state index in [4.69, 9.17) is 14.2 Å². The fourth-order valence-electron chi connectivity index (χ4n) is 9.88. The summed E-state index contributed by atoms with van der Waals surface area (Å²) in [6.07, 6.45) is 86.3. The van der Waals surface area contributed by atoms with Gasteiger partial charge in [-0.3, -0.25) is 14.4 Å². The van der Waals surface area contributed by atoms with Gasteiger partial charge in [0.25, 0.3) is 0 Å². The van der Waals surface area contributed by atoms with Crippen molar-refractivity contribution in [2.75, 3.05) is 13.2 Å². The van der Waals surface area contributed by atoms with Gasteiger partial charge in [-0.1, -0.05) is 312 Å². The molecule has 0 aliphatic carbocycles. The number of allylic oxidation sites excluding steroid dienone is 12. The maximum atomic E-state index is 12.9. The summed E-state index contributed by atoms with van der Waals surface area (Å²) in [5.74, 6) is -0.856. The summed E-state index contributed by atoms with van der Waals surface area (Å²) in [4.78, 5) is 38.3. The van der Waals surface area contributed by atoms with Crippen LogP contribution in [0.4, 0.5) is 0 Å². The van der Waals surface area contributed by atoms with E-state index in [1.54, 1.807) is 0 Å². The summed E-state index contributed by atoms with van der Waals surface area (Å²) in [5.41, 5.74) is 0. The van der Waals surface area contributed by atoms with Crippen LogP contribution in [0.15, 0.2) is 72.9 Å². The van der Waals surface area contributed by atoms with Crippen LogP contribution < -0.4 is 0 Å². The SMILES string of the molecule is CC/C=C\C/C=C\C/C=C\C/C=C\C/C=C\CCCCCCCCCCCCCCCC(=O)OCC(COC(=O)CCCCCCCCCCCCCC)OC(=O)CCCCCCCCCCC/C=C\CCCCCCCC. The normalized spacial score (nSPS) is 12.5. The van der Waals surface area contributed by atoms with Gasteiger partial charge in [-0.15, -0.1) is 0 Å². The van der Waals surface area contributed by atoms with E-state index in [0.29, 0.717) is 19.3 Å². The molecule has 0 spiro atoms. The molecule has 0 aromatic heterocycles. The molecule has 0 heterocycles. The van der Waals surface area contributed by atoms with E-state index in [-0.39, 0.29) is 31.1 Å².